The van der Waals surface area contributed by atoms with Crippen LogP contribution in [0.4, 0.5) is 0 Å². The molecule has 16 heteroatoms. The van der Waals surface area contributed by atoms with E-state index in [-0.39, 0.29) is 0 Å². The predicted octanol–water partition coefficient (Wildman–Crippen LogP) is 33.7. The van der Waals surface area contributed by atoms with E-state index in [9.17, 15) is 0 Å². The van der Waals surface area contributed by atoms with Crippen LogP contribution in [0.15, 0.2) is 443 Å². The Morgan fingerprint density at radius 3 is 1.28 bits per heavy atom. The number of unbranched alkanes of at least 4 members (excludes halogenated alkanes) is 1. The normalized spacial score (nSPS) is 12.1. The van der Waals surface area contributed by atoms with Crippen LogP contribution >= 0.6 is 11.3 Å². The molecule has 0 fully saturated rings. The molecule has 0 radical (unpaired) electrons. The second kappa shape index (κ2) is 31.8. The van der Waals surface area contributed by atoms with Crippen molar-refractivity contribution in [3.63, 3.8) is 0 Å². The molecule has 15 nitrogen and oxygen atoms in total. The van der Waals surface area contributed by atoms with E-state index in [1.54, 1.807) is 6.33 Å². The first-order valence-electron chi connectivity index (χ1n) is 47.7. The summed E-state index contributed by atoms with van der Waals surface area (Å²) in [7, 11) is 0. The summed E-state index contributed by atoms with van der Waals surface area (Å²) in [5.74, 6) is 0. The molecule has 0 saturated heterocycles. The highest BCUT2D eigenvalue weighted by molar-refractivity contribution is 7.25. The molecule has 15 aromatic heterocycles. The molecule has 141 heavy (non-hydrogen) atoms. The van der Waals surface area contributed by atoms with Gasteiger partial charge in [-0.05, 0) is 224 Å². The number of fused-ring (bicyclic) bond motifs is 37. The summed E-state index contributed by atoms with van der Waals surface area (Å²) >= 11 is 1.84. The van der Waals surface area contributed by atoms with Gasteiger partial charge in [0.25, 0.3) is 0 Å². The highest BCUT2D eigenvalue weighted by atomic mass is 32.1. The van der Waals surface area contributed by atoms with E-state index in [0.29, 0.717) is 0 Å². The van der Waals surface area contributed by atoms with Gasteiger partial charge in [-0.25, -0.2) is 19.9 Å². The summed E-state index contributed by atoms with van der Waals surface area (Å²) in [6, 6.07) is 137. The quantitative estimate of drug-likeness (QED) is 0.138. The average Bonchev–Trinajstić information content (AvgIpc) is 1.56. The number of para-hydroxylation sites is 7. The molecule has 32 rings (SSSR count). The lowest BCUT2D eigenvalue weighted by Crippen LogP contribution is -1.98. The lowest BCUT2D eigenvalue weighted by molar-refractivity contribution is 0.659. The maximum absolute atomic E-state index is 6.65. The van der Waals surface area contributed by atoms with E-state index in [1.807, 2.05) is 96.9 Å². The molecule has 0 saturated carbocycles. The highest BCUT2D eigenvalue weighted by Gasteiger charge is 2.27. The maximum atomic E-state index is 6.65. The molecule has 17 aromatic carbocycles. The first kappa shape index (κ1) is 79.8. The minimum atomic E-state index is 0.859. The third kappa shape index (κ3) is 12.3. The van der Waals surface area contributed by atoms with Crippen molar-refractivity contribution in [3.05, 3.63) is 426 Å². The van der Waals surface area contributed by atoms with Gasteiger partial charge < -0.3 is 35.9 Å². The van der Waals surface area contributed by atoms with Crippen molar-refractivity contribution >= 4 is 250 Å². The fourth-order valence-corrected chi connectivity index (χ4v) is 23.5. The van der Waals surface area contributed by atoms with Crippen LogP contribution in [0.2, 0.25) is 0 Å². The van der Waals surface area contributed by atoms with Crippen molar-refractivity contribution in [2.45, 2.75) is 26.3 Å². The number of benzene rings is 17. The van der Waals surface area contributed by atoms with Crippen molar-refractivity contribution in [1.29, 1.82) is 0 Å². The van der Waals surface area contributed by atoms with Crippen LogP contribution in [0.5, 0.6) is 0 Å². The molecule has 0 aliphatic rings. The summed E-state index contributed by atoms with van der Waals surface area (Å²) < 4.78 is 42.1. The number of pyridine rings is 3. The minimum Gasteiger partial charge on any atom is -0.455 e. The molecule has 15 heterocycles. The van der Waals surface area contributed by atoms with Crippen LogP contribution in [0, 0.1) is 0 Å². The Hall–Kier alpha value is -18.5. The summed E-state index contributed by atoms with van der Waals surface area (Å²) in [6.07, 6.45) is 13.4. The number of hydrogen-bond acceptors (Lipinski definition) is 10. The first-order valence-corrected chi connectivity index (χ1v) is 48.6. The van der Waals surface area contributed by atoms with E-state index in [4.69, 9.17) is 27.6 Å². The molecule has 0 N–H and O–H groups in total. The first-order chi connectivity index (χ1) is 69.9. The fourth-order valence-electron chi connectivity index (χ4n) is 22.4. The van der Waals surface area contributed by atoms with Crippen molar-refractivity contribution in [3.8, 4) is 39.6 Å². The molecule has 32 aromatic rings. The highest BCUT2D eigenvalue weighted by Crippen LogP contribution is 2.49. The zero-order chi connectivity index (χ0) is 92.6. The largest absolute Gasteiger partial charge is 0.455 e. The Balaban J connectivity index is 0.0000000920. The maximum Gasteiger partial charge on any atom is 0.149 e. The van der Waals surface area contributed by atoms with Gasteiger partial charge in [0.2, 0.25) is 0 Å². The van der Waals surface area contributed by atoms with Crippen LogP contribution in [-0.4, -0.2) is 52.3 Å². The molecule has 0 aliphatic carbocycles. The van der Waals surface area contributed by atoms with Gasteiger partial charge in [0, 0.05) is 166 Å². The van der Waals surface area contributed by atoms with Crippen molar-refractivity contribution in [2.75, 3.05) is 0 Å². The number of hydrogen-bond donors (Lipinski definition) is 0. The van der Waals surface area contributed by atoms with E-state index in [1.165, 1.54) is 108 Å². The van der Waals surface area contributed by atoms with Crippen molar-refractivity contribution in [1.82, 2.24) is 52.3 Å². The molecule has 0 spiro atoms. The smallest absolute Gasteiger partial charge is 0.149 e. The SMILES string of the molecule is CCCCn1c2ccc3c4ccccc4oc3c2c2cccnc21.c1ccc(-c2ccc3oc4c(ccc5c4c4cccnc4n5-c4ccc5c(c4)c4ccccc4n5-c4ccccc4)c3c2)cc1.c1ccc2c(c1)oc1c2ccc2c1c1ccncc1n2-c1ccc2sc3ccccc3c2c1.c1ccc2c(c1)oc1c2ccc2c1c1cncnc1n2-c1ccc(-n2c3ccccc3c3ccccc32)cc1. The van der Waals surface area contributed by atoms with E-state index >= 15 is 0 Å². The van der Waals surface area contributed by atoms with Gasteiger partial charge in [0.1, 0.15) is 67.9 Å². The number of aromatic nitrogens is 11. The molecular formula is C125H79N11O4S. The lowest BCUT2D eigenvalue weighted by Gasteiger charge is -2.11. The molecule has 0 amide bonds. The van der Waals surface area contributed by atoms with Crippen LogP contribution in [0.25, 0.3) is 279 Å². The predicted molar refractivity (Wildman–Crippen MR) is 582 cm³/mol. The molecule has 0 bridgehead atoms. The third-order valence-electron chi connectivity index (χ3n) is 28.6. The summed E-state index contributed by atoms with van der Waals surface area (Å²) in [6.45, 7) is 3.21. The van der Waals surface area contributed by atoms with Gasteiger partial charge in [0.05, 0.1) is 77.4 Å². The Kier molecular flexibility index (Phi) is 18.0. The van der Waals surface area contributed by atoms with Gasteiger partial charge in [-0.2, -0.15) is 0 Å². The van der Waals surface area contributed by atoms with E-state index in [0.717, 1.165) is 190 Å². The minimum absolute atomic E-state index is 0.859. The van der Waals surface area contributed by atoms with Crippen LogP contribution in [0.1, 0.15) is 19.8 Å². The second-order valence-electron chi connectivity index (χ2n) is 36.3. The average molecular weight is 1830 g/mol. The number of rotatable bonds is 9. The molecule has 0 aliphatic heterocycles. The van der Waals surface area contributed by atoms with Gasteiger partial charge in [-0.15, -0.1) is 11.3 Å². The molecular weight excluding hydrogens is 1750 g/mol. The number of aryl methyl sites for hydroxylation is 1. The van der Waals surface area contributed by atoms with Crippen LogP contribution in [-0.2, 0) is 6.54 Å². The lowest BCUT2D eigenvalue weighted by atomic mass is 10.0. The van der Waals surface area contributed by atoms with Crippen LogP contribution < -0.4 is 0 Å². The van der Waals surface area contributed by atoms with Gasteiger partial charge in [0.15, 0.2) is 0 Å². The number of thiophene rings is 1. The summed E-state index contributed by atoms with van der Waals surface area (Å²) in [5.41, 5.74) is 28.3. The van der Waals surface area contributed by atoms with E-state index in [2.05, 4.69) is 383 Å². The Bertz CT molecular complexity index is 10700. The van der Waals surface area contributed by atoms with Crippen molar-refractivity contribution < 1.29 is 17.7 Å². The van der Waals surface area contributed by atoms with E-state index < -0.39 is 0 Å². The van der Waals surface area contributed by atoms with Gasteiger partial charge in [-0.1, -0.05) is 195 Å². The van der Waals surface area contributed by atoms with Crippen molar-refractivity contribution in [2.24, 2.45) is 0 Å². The van der Waals surface area contributed by atoms with Gasteiger partial charge >= 0.3 is 0 Å². The standard InChI is InChI=1S/C41H25N3O.C34H20N4O.C29H16N2OS.C21H18N2O/c1-3-10-26(11-4-1)27-17-22-38-34(24-27)31-19-21-37-39(40(31)45-38)32-15-9-23-42-41(32)44(37)29-18-20-36-33(25-29)30-14-7-8-16-35(30)43(36)28-12-5-2-6-13-28;1-4-10-28-23(7-1)24-8-2-5-11-29(24)37(28)21-13-15-22(16-14-21)38-30-18-17-26-25-9-3-6-12-31(25)39-33(26)32(30)27-19-35-20-36-34(27)38;1-3-7-25-18(5-1)20-10-11-23-28(29(20)32-25)21-13-14-30-16-24(21)31(23)17-9-12-27-22(15-17)19-6-2-4-8-26(19)33-27;1-2-3-13-23-17-11-10-15-14-7-4-5-9-18(14)24-20(15)19(17)16-8-6-12-22-21(16)23/h1-25H;1-20H;1-16H;4-12H,2-3,13H2,1H3. The fraction of sp³-hybridized carbons (Fsp3) is 0.0320. The molecule has 0 atom stereocenters. The second-order valence-corrected chi connectivity index (χ2v) is 37.4. The third-order valence-corrected chi connectivity index (χ3v) is 29.8. The Morgan fingerprint density at radius 1 is 0.234 bits per heavy atom. The molecule has 0 unspecified atom stereocenters. The Morgan fingerprint density at radius 2 is 0.652 bits per heavy atom. The number of nitrogens with zero attached hydrogens (tertiary/aromatic N) is 11. The topological polar surface area (TPSA) is 147 Å². The molecule has 664 valence electrons. The van der Waals surface area contributed by atoms with Crippen LogP contribution in [0.3, 0.4) is 0 Å². The van der Waals surface area contributed by atoms with Gasteiger partial charge in [-0.3, -0.25) is 14.1 Å². The Labute approximate surface area is 806 Å². The zero-order valence-corrected chi connectivity index (χ0v) is 76.8. The summed E-state index contributed by atoms with van der Waals surface area (Å²) in [4.78, 5) is 23.1. The number of furan rings is 4. The summed E-state index contributed by atoms with van der Waals surface area (Å²) in [5, 5.41) is 25.4. The zero-order valence-electron chi connectivity index (χ0n) is 76.0. The monoisotopic (exact) mass is 1830 g/mol.